The molecule has 9 heteroatoms. The molecule has 0 bridgehead atoms. The standard InChI is InChI=1S/C22H22N2OS.C12H12N2S.C10H12O2/c1-17(14-18-8-4-2-5-9-18)22(25)24-20-12-13-21(23-15-20)26-16-19-10-6-3-7-11-19;13-11-6-7-12(14-8-11)15-9-10-4-2-1-3-5-10;1-8(10(11)12)7-9-5-3-2-4-6-9/h2-13,15,17H,14,16H2,1H3,(H,24,25);1-8H,9,13H2;2-6,8H,7H2,1H3,(H,11,12)/t17-;;8-/m0.0/s1. The number of nitrogen functional groups attached to an aromatic ring is 1. The van der Waals surface area contributed by atoms with Crippen LogP contribution in [0.4, 0.5) is 11.4 Å². The molecule has 4 N–H and O–H groups in total. The lowest BCUT2D eigenvalue weighted by Gasteiger charge is -2.12. The highest BCUT2D eigenvalue weighted by Gasteiger charge is 2.14. The lowest BCUT2D eigenvalue weighted by molar-refractivity contribution is -0.141. The number of aromatic nitrogens is 2. The molecule has 1 amide bonds. The normalized spacial score (nSPS) is 11.4. The van der Waals surface area contributed by atoms with E-state index >= 15 is 0 Å². The summed E-state index contributed by atoms with van der Waals surface area (Å²) in [5.41, 5.74) is 11.8. The molecule has 4 aromatic carbocycles. The summed E-state index contributed by atoms with van der Waals surface area (Å²) in [4.78, 5) is 31.5. The molecule has 272 valence electrons. The fourth-order valence-corrected chi connectivity index (χ4v) is 6.46. The summed E-state index contributed by atoms with van der Waals surface area (Å²) in [6.45, 7) is 3.66. The Morgan fingerprint density at radius 1 is 0.585 bits per heavy atom. The Labute approximate surface area is 321 Å². The summed E-state index contributed by atoms with van der Waals surface area (Å²) in [6, 6.07) is 48.1. The molecule has 6 aromatic rings. The van der Waals surface area contributed by atoms with E-state index in [-0.39, 0.29) is 17.7 Å². The maximum atomic E-state index is 12.4. The van der Waals surface area contributed by atoms with Gasteiger partial charge in [0.25, 0.3) is 0 Å². The largest absolute Gasteiger partial charge is 0.481 e. The molecule has 0 spiro atoms. The summed E-state index contributed by atoms with van der Waals surface area (Å²) < 4.78 is 0. The number of thioether (sulfide) groups is 2. The average Bonchev–Trinajstić information content (AvgIpc) is 3.19. The van der Waals surface area contributed by atoms with Gasteiger partial charge in [0.15, 0.2) is 0 Å². The Morgan fingerprint density at radius 3 is 1.40 bits per heavy atom. The second-order valence-electron chi connectivity index (χ2n) is 12.4. The van der Waals surface area contributed by atoms with Crippen LogP contribution in [0, 0.1) is 11.8 Å². The molecule has 0 unspecified atom stereocenters. The summed E-state index contributed by atoms with van der Waals surface area (Å²) in [7, 11) is 0. The number of nitrogens with zero attached hydrogens (tertiary/aromatic N) is 2. The van der Waals surface area contributed by atoms with E-state index in [0.717, 1.165) is 39.2 Å². The van der Waals surface area contributed by atoms with Gasteiger partial charge in [-0.3, -0.25) is 9.59 Å². The topological polar surface area (TPSA) is 118 Å². The summed E-state index contributed by atoms with van der Waals surface area (Å²) in [6.07, 6.45) is 4.75. The smallest absolute Gasteiger partial charge is 0.306 e. The number of amides is 1. The number of benzene rings is 4. The third-order valence-corrected chi connectivity index (χ3v) is 9.89. The number of carbonyl (C=O) groups is 2. The van der Waals surface area contributed by atoms with Gasteiger partial charge in [-0.1, -0.05) is 135 Å². The van der Waals surface area contributed by atoms with Crippen LogP contribution in [0.5, 0.6) is 0 Å². The Kier molecular flexibility index (Phi) is 17.2. The lowest BCUT2D eigenvalue weighted by Crippen LogP contribution is -2.22. The van der Waals surface area contributed by atoms with Crippen LogP contribution >= 0.6 is 23.5 Å². The van der Waals surface area contributed by atoms with E-state index in [9.17, 15) is 9.59 Å². The lowest BCUT2D eigenvalue weighted by atomic mass is 10.0. The first-order valence-electron chi connectivity index (χ1n) is 17.4. The van der Waals surface area contributed by atoms with E-state index in [2.05, 4.69) is 39.6 Å². The number of nitrogens with one attached hydrogen (secondary N) is 1. The maximum absolute atomic E-state index is 12.4. The first-order chi connectivity index (χ1) is 25.7. The van der Waals surface area contributed by atoms with Crippen molar-refractivity contribution in [3.05, 3.63) is 180 Å². The predicted molar refractivity (Wildman–Crippen MR) is 220 cm³/mol. The van der Waals surface area contributed by atoms with Crippen molar-refractivity contribution in [3.63, 3.8) is 0 Å². The first kappa shape index (κ1) is 40.4. The van der Waals surface area contributed by atoms with Gasteiger partial charge in [0.05, 0.1) is 39.7 Å². The number of anilines is 2. The molecule has 6 rings (SSSR count). The van der Waals surface area contributed by atoms with Crippen LogP contribution in [-0.2, 0) is 33.9 Å². The van der Waals surface area contributed by atoms with Crippen molar-refractivity contribution < 1.29 is 14.7 Å². The van der Waals surface area contributed by atoms with Crippen LogP contribution in [0.2, 0.25) is 0 Å². The number of carbonyl (C=O) groups excluding carboxylic acids is 1. The summed E-state index contributed by atoms with van der Waals surface area (Å²) >= 11 is 3.40. The minimum absolute atomic E-state index is 0.0142. The molecule has 2 heterocycles. The van der Waals surface area contributed by atoms with Crippen LogP contribution in [0.25, 0.3) is 0 Å². The Hall–Kier alpha value is -5.38. The maximum Gasteiger partial charge on any atom is 0.306 e. The minimum Gasteiger partial charge on any atom is -0.481 e. The second-order valence-corrected chi connectivity index (χ2v) is 14.4. The van der Waals surface area contributed by atoms with Crippen LogP contribution in [0.15, 0.2) is 168 Å². The summed E-state index contributed by atoms with van der Waals surface area (Å²) in [5, 5.41) is 13.6. The number of hydrogen-bond acceptors (Lipinski definition) is 7. The number of pyridine rings is 2. The Morgan fingerprint density at radius 2 is 1.00 bits per heavy atom. The molecular formula is C44H46N4O3S2. The number of nitrogens with two attached hydrogens (primary N) is 1. The molecule has 7 nitrogen and oxygen atoms in total. The molecule has 0 aliphatic heterocycles. The molecular weight excluding hydrogens is 697 g/mol. The number of rotatable bonds is 13. The van der Waals surface area contributed by atoms with E-state index in [1.165, 1.54) is 16.7 Å². The van der Waals surface area contributed by atoms with Gasteiger partial charge in [0.2, 0.25) is 5.91 Å². The highest BCUT2D eigenvalue weighted by molar-refractivity contribution is 7.98. The van der Waals surface area contributed by atoms with E-state index in [0.29, 0.717) is 12.1 Å². The fraction of sp³-hybridized carbons (Fsp3) is 0.182. The first-order valence-corrected chi connectivity index (χ1v) is 19.3. The Bertz CT molecular complexity index is 1920. The second kappa shape index (κ2) is 22.5. The van der Waals surface area contributed by atoms with E-state index in [1.807, 2.05) is 128 Å². The molecule has 0 aliphatic carbocycles. The van der Waals surface area contributed by atoms with Gasteiger partial charge in [-0.05, 0) is 59.4 Å². The van der Waals surface area contributed by atoms with Gasteiger partial charge in [-0.2, -0.15) is 0 Å². The molecule has 0 saturated carbocycles. The number of hydrogen-bond donors (Lipinski definition) is 3. The Balaban J connectivity index is 0.000000196. The van der Waals surface area contributed by atoms with E-state index < -0.39 is 5.97 Å². The van der Waals surface area contributed by atoms with Gasteiger partial charge in [-0.25, -0.2) is 9.97 Å². The molecule has 0 saturated heterocycles. The molecule has 0 fully saturated rings. The van der Waals surface area contributed by atoms with Gasteiger partial charge in [0, 0.05) is 17.4 Å². The monoisotopic (exact) mass is 742 g/mol. The molecule has 0 aliphatic rings. The van der Waals surface area contributed by atoms with Crippen LogP contribution < -0.4 is 11.1 Å². The number of aliphatic carboxylic acids is 1. The number of carboxylic acids is 1. The quantitative estimate of drug-likeness (QED) is 0.100. The van der Waals surface area contributed by atoms with Crippen molar-refractivity contribution in [1.29, 1.82) is 0 Å². The van der Waals surface area contributed by atoms with Crippen molar-refractivity contribution in [2.75, 3.05) is 11.1 Å². The van der Waals surface area contributed by atoms with E-state index in [4.69, 9.17) is 10.8 Å². The van der Waals surface area contributed by atoms with Crippen LogP contribution in [0.3, 0.4) is 0 Å². The van der Waals surface area contributed by atoms with Crippen molar-refractivity contribution in [3.8, 4) is 0 Å². The zero-order valence-electron chi connectivity index (χ0n) is 30.0. The molecule has 2 aromatic heterocycles. The number of carboxylic acid groups (broad SMARTS) is 1. The van der Waals surface area contributed by atoms with Gasteiger partial charge in [-0.15, -0.1) is 23.5 Å². The van der Waals surface area contributed by atoms with Gasteiger partial charge >= 0.3 is 5.97 Å². The molecule has 2 atom stereocenters. The highest BCUT2D eigenvalue weighted by atomic mass is 32.2. The highest BCUT2D eigenvalue weighted by Crippen LogP contribution is 2.23. The van der Waals surface area contributed by atoms with Crippen LogP contribution in [0.1, 0.15) is 36.1 Å². The minimum atomic E-state index is -0.737. The zero-order valence-corrected chi connectivity index (χ0v) is 31.7. The van der Waals surface area contributed by atoms with Crippen molar-refractivity contribution in [2.45, 2.75) is 48.2 Å². The third kappa shape index (κ3) is 15.8. The van der Waals surface area contributed by atoms with Crippen molar-refractivity contribution in [1.82, 2.24) is 9.97 Å². The van der Waals surface area contributed by atoms with E-state index in [1.54, 1.807) is 42.8 Å². The molecule has 0 radical (unpaired) electrons. The zero-order chi connectivity index (χ0) is 37.7. The summed E-state index contributed by atoms with van der Waals surface area (Å²) in [5.74, 6) is 0.710. The average molecular weight is 743 g/mol. The van der Waals surface area contributed by atoms with Crippen LogP contribution in [-0.4, -0.2) is 27.0 Å². The third-order valence-electron chi connectivity index (χ3n) is 7.86. The fourth-order valence-electron chi connectivity index (χ4n) is 4.86. The van der Waals surface area contributed by atoms with Gasteiger partial charge in [0.1, 0.15) is 0 Å². The predicted octanol–water partition coefficient (Wildman–Crippen LogP) is 10.1. The molecule has 53 heavy (non-hydrogen) atoms. The van der Waals surface area contributed by atoms with Gasteiger partial charge < -0.3 is 16.2 Å². The SMILES string of the molecule is C[C@@H](Cc1ccccc1)C(=O)Nc1ccc(SCc2ccccc2)nc1.C[C@@H](Cc1ccccc1)C(=O)O.Nc1ccc(SCc2ccccc2)nc1. The van der Waals surface area contributed by atoms with Crippen molar-refractivity contribution in [2.24, 2.45) is 11.8 Å². The van der Waals surface area contributed by atoms with Crippen molar-refractivity contribution >= 4 is 46.8 Å².